The molecule has 1 aromatic heterocycles. The molecule has 9 heteroatoms. The molecular weight excluding hydrogens is 409 g/mol. The van der Waals surface area contributed by atoms with Gasteiger partial charge >= 0.3 is 0 Å². The average Bonchev–Trinajstić information content (AvgIpc) is 3.30. The Hall–Kier alpha value is -3.04. The van der Waals surface area contributed by atoms with Crippen LogP contribution in [0.3, 0.4) is 0 Å². The zero-order chi connectivity index (χ0) is 21.1. The number of hydrogen-bond acceptors (Lipinski definition) is 5. The number of piperidine rings is 1. The smallest absolute Gasteiger partial charge is 0.255 e. The first-order chi connectivity index (χ1) is 14.4. The van der Waals surface area contributed by atoms with Crippen molar-refractivity contribution in [2.45, 2.75) is 24.2 Å². The van der Waals surface area contributed by atoms with Gasteiger partial charge in [0, 0.05) is 29.9 Å². The van der Waals surface area contributed by atoms with Crippen LogP contribution in [0.1, 0.15) is 29.6 Å². The standard InChI is InChI=1S/C21H20FN3O4S/c22-18-9-6-16(12-20(18)30(27,28)25-10-2-1-3-11-25)21(26)24-17-7-4-15(5-8-17)19-13-23-14-29-19/h4-9,12-14H,1-3,10-11H2,(H,24,26). The zero-order valence-electron chi connectivity index (χ0n) is 16.0. The van der Waals surface area contributed by atoms with E-state index in [9.17, 15) is 17.6 Å². The second-order valence-corrected chi connectivity index (χ2v) is 8.91. The lowest BCUT2D eigenvalue weighted by Gasteiger charge is -2.26. The minimum Gasteiger partial charge on any atom is -0.444 e. The number of amides is 1. The Morgan fingerprint density at radius 1 is 1.07 bits per heavy atom. The zero-order valence-corrected chi connectivity index (χ0v) is 16.9. The number of carbonyl (C=O) groups excluding carboxylic acids is 1. The van der Waals surface area contributed by atoms with Gasteiger partial charge in [-0.25, -0.2) is 17.8 Å². The summed E-state index contributed by atoms with van der Waals surface area (Å²) in [5, 5.41) is 2.69. The second kappa shape index (κ2) is 8.37. The summed E-state index contributed by atoms with van der Waals surface area (Å²) in [5.74, 6) is -0.801. The van der Waals surface area contributed by atoms with Gasteiger partial charge in [-0.2, -0.15) is 4.31 Å². The van der Waals surface area contributed by atoms with Crippen LogP contribution in [0.2, 0.25) is 0 Å². The lowest BCUT2D eigenvalue weighted by molar-refractivity contribution is 0.102. The number of hydrogen-bond donors (Lipinski definition) is 1. The lowest BCUT2D eigenvalue weighted by atomic mass is 10.1. The molecule has 1 N–H and O–H groups in total. The molecule has 7 nitrogen and oxygen atoms in total. The maximum absolute atomic E-state index is 14.3. The number of nitrogens with zero attached hydrogens (tertiary/aromatic N) is 2. The van der Waals surface area contributed by atoms with Gasteiger partial charge in [0.2, 0.25) is 10.0 Å². The van der Waals surface area contributed by atoms with E-state index in [0.717, 1.165) is 37.0 Å². The van der Waals surface area contributed by atoms with Crippen molar-refractivity contribution in [3.05, 3.63) is 66.4 Å². The molecule has 1 aliphatic rings. The van der Waals surface area contributed by atoms with Gasteiger partial charge in [-0.3, -0.25) is 4.79 Å². The van der Waals surface area contributed by atoms with Gasteiger partial charge in [-0.1, -0.05) is 6.42 Å². The fourth-order valence-electron chi connectivity index (χ4n) is 3.37. The topological polar surface area (TPSA) is 92.5 Å². The lowest BCUT2D eigenvalue weighted by Crippen LogP contribution is -2.36. The van der Waals surface area contributed by atoms with Crippen LogP contribution in [-0.4, -0.2) is 36.7 Å². The summed E-state index contributed by atoms with van der Waals surface area (Å²) in [6, 6.07) is 10.3. The SMILES string of the molecule is O=C(Nc1ccc(-c2cnco2)cc1)c1ccc(F)c(S(=O)(=O)N2CCCCC2)c1. The Kier molecular flexibility index (Phi) is 5.65. The average molecular weight is 429 g/mol. The highest BCUT2D eigenvalue weighted by Crippen LogP contribution is 2.25. The van der Waals surface area contributed by atoms with E-state index in [1.54, 1.807) is 30.5 Å². The van der Waals surface area contributed by atoms with Crippen LogP contribution in [-0.2, 0) is 10.0 Å². The number of anilines is 1. The molecule has 0 unspecified atom stereocenters. The Labute approximate surface area is 173 Å². The quantitative estimate of drug-likeness (QED) is 0.664. The van der Waals surface area contributed by atoms with Crippen LogP contribution in [0.4, 0.5) is 10.1 Å². The first-order valence-corrected chi connectivity index (χ1v) is 11.0. The number of aromatic nitrogens is 1. The van der Waals surface area contributed by atoms with E-state index in [-0.39, 0.29) is 5.56 Å². The van der Waals surface area contributed by atoms with E-state index in [1.807, 2.05) is 0 Å². The summed E-state index contributed by atoms with van der Waals surface area (Å²) >= 11 is 0. The van der Waals surface area contributed by atoms with Crippen LogP contribution in [0.25, 0.3) is 11.3 Å². The van der Waals surface area contributed by atoms with E-state index in [4.69, 9.17) is 4.42 Å². The van der Waals surface area contributed by atoms with Crippen molar-refractivity contribution in [2.24, 2.45) is 0 Å². The molecule has 0 radical (unpaired) electrons. The van der Waals surface area contributed by atoms with Crippen molar-refractivity contribution in [3.8, 4) is 11.3 Å². The van der Waals surface area contributed by atoms with Crippen molar-refractivity contribution in [1.29, 1.82) is 0 Å². The predicted molar refractivity (Wildman–Crippen MR) is 109 cm³/mol. The number of halogens is 1. The van der Waals surface area contributed by atoms with Crippen LogP contribution < -0.4 is 5.32 Å². The fraction of sp³-hybridized carbons (Fsp3) is 0.238. The van der Waals surface area contributed by atoms with E-state index in [2.05, 4.69) is 10.3 Å². The monoisotopic (exact) mass is 429 g/mol. The minimum absolute atomic E-state index is 0.0614. The van der Waals surface area contributed by atoms with Crippen LogP contribution in [0.5, 0.6) is 0 Å². The molecule has 1 amide bonds. The third-order valence-corrected chi connectivity index (χ3v) is 6.90. The summed E-state index contributed by atoms with van der Waals surface area (Å²) in [6.45, 7) is 0.714. The van der Waals surface area contributed by atoms with Gasteiger partial charge in [-0.05, 0) is 55.3 Å². The summed E-state index contributed by atoms with van der Waals surface area (Å²) in [5.41, 5.74) is 1.36. The fourth-order valence-corrected chi connectivity index (χ4v) is 4.97. The van der Waals surface area contributed by atoms with E-state index < -0.39 is 26.6 Å². The molecule has 3 aromatic rings. The molecule has 0 bridgehead atoms. The van der Waals surface area contributed by atoms with Crippen molar-refractivity contribution < 1.29 is 22.0 Å². The van der Waals surface area contributed by atoms with E-state index in [0.29, 0.717) is 24.5 Å². The summed E-state index contributed by atoms with van der Waals surface area (Å²) in [7, 11) is -3.99. The predicted octanol–water partition coefficient (Wildman–Crippen LogP) is 3.91. The Morgan fingerprint density at radius 3 is 2.47 bits per heavy atom. The number of benzene rings is 2. The highest BCUT2D eigenvalue weighted by atomic mass is 32.2. The third-order valence-electron chi connectivity index (χ3n) is 4.99. The molecule has 0 spiro atoms. The van der Waals surface area contributed by atoms with Gasteiger partial charge in [0.05, 0.1) is 6.20 Å². The van der Waals surface area contributed by atoms with Crippen LogP contribution in [0, 0.1) is 5.82 Å². The van der Waals surface area contributed by atoms with Crippen molar-refractivity contribution in [1.82, 2.24) is 9.29 Å². The molecule has 0 aliphatic carbocycles. The Balaban J connectivity index is 1.54. The summed E-state index contributed by atoms with van der Waals surface area (Å²) < 4.78 is 46.5. The molecule has 156 valence electrons. The van der Waals surface area contributed by atoms with E-state index >= 15 is 0 Å². The normalized spacial score (nSPS) is 15.1. The number of carbonyl (C=O) groups is 1. The molecule has 0 atom stereocenters. The molecule has 1 aliphatic heterocycles. The van der Waals surface area contributed by atoms with Crippen molar-refractivity contribution >= 4 is 21.6 Å². The van der Waals surface area contributed by atoms with Crippen LogP contribution in [0.15, 0.2) is 64.4 Å². The largest absolute Gasteiger partial charge is 0.444 e. The van der Waals surface area contributed by atoms with Gasteiger partial charge in [0.1, 0.15) is 10.7 Å². The minimum atomic E-state index is -3.99. The maximum atomic E-state index is 14.3. The summed E-state index contributed by atoms with van der Waals surface area (Å²) in [4.78, 5) is 16.0. The molecule has 30 heavy (non-hydrogen) atoms. The van der Waals surface area contributed by atoms with E-state index in [1.165, 1.54) is 16.8 Å². The molecule has 2 aromatic carbocycles. The number of nitrogens with one attached hydrogen (secondary N) is 1. The van der Waals surface area contributed by atoms with Gasteiger partial charge < -0.3 is 9.73 Å². The van der Waals surface area contributed by atoms with Gasteiger partial charge in [-0.15, -0.1) is 0 Å². The maximum Gasteiger partial charge on any atom is 0.255 e. The van der Waals surface area contributed by atoms with Crippen molar-refractivity contribution in [3.63, 3.8) is 0 Å². The summed E-state index contributed by atoms with van der Waals surface area (Å²) in [6.07, 6.45) is 5.34. The Morgan fingerprint density at radius 2 is 1.80 bits per heavy atom. The van der Waals surface area contributed by atoms with Crippen molar-refractivity contribution in [2.75, 3.05) is 18.4 Å². The molecular formula is C21H20FN3O4S. The third kappa shape index (κ3) is 4.12. The first kappa shape index (κ1) is 20.2. The molecule has 4 rings (SSSR count). The molecule has 2 heterocycles. The number of sulfonamides is 1. The highest BCUT2D eigenvalue weighted by Gasteiger charge is 2.29. The molecule has 1 saturated heterocycles. The number of rotatable bonds is 5. The second-order valence-electron chi connectivity index (χ2n) is 7.01. The molecule has 1 fully saturated rings. The van der Waals surface area contributed by atoms with Gasteiger partial charge in [0.15, 0.2) is 12.2 Å². The molecule has 0 saturated carbocycles. The van der Waals surface area contributed by atoms with Crippen LogP contribution >= 0.6 is 0 Å². The number of oxazole rings is 1. The first-order valence-electron chi connectivity index (χ1n) is 9.55. The highest BCUT2D eigenvalue weighted by molar-refractivity contribution is 7.89. The van der Waals surface area contributed by atoms with Gasteiger partial charge in [0.25, 0.3) is 5.91 Å². The Bertz CT molecular complexity index is 1140.